The Kier molecular flexibility index (Phi) is 4.85. The van der Waals surface area contributed by atoms with Crippen LogP contribution in [0, 0.1) is 13.8 Å². The van der Waals surface area contributed by atoms with Crippen LogP contribution in [-0.2, 0) is 10.0 Å². The predicted molar refractivity (Wildman–Crippen MR) is 94.6 cm³/mol. The first kappa shape index (κ1) is 17.3. The third-order valence-electron chi connectivity index (χ3n) is 3.94. The lowest BCUT2D eigenvalue weighted by molar-refractivity contribution is 0.0771. The van der Waals surface area contributed by atoms with Crippen molar-refractivity contribution in [2.75, 3.05) is 19.7 Å². The fraction of sp³-hybridized carbons (Fsp3) is 0.412. The molecule has 0 bridgehead atoms. The van der Waals surface area contributed by atoms with Gasteiger partial charge in [-0.3, -0.25) is 0 Å². The molecule has 7 heteroatoms. The Morgan fingerprint density at radius 3 is 2.58 bits per heavy atom. The summed E-state index contributed by atoms with van der Waals surface area (Å²) in [6, 6.07) is 9.17. The highest BCUT2D eigenvalue weighted by Gasteiger charge is 2.31. The van der Waals surface area contributed by atoms with Gasteiger partial charge in [0.1, 0.15) is 12.7 Å². The maximum atomic E-state index is 13.0. The van der Waals surface area contributed by atoms with E-state index < -0.39 is 10.0 Å². The molecule has 130 valence electrons. The van der Waals surface area contributed by atoms with E-state index in [1.807, 2.05) is 45.0 Å². The van der Waals surface area contributed by atoms with Crippen LogP contribution in [0.2, 0.25) is 0 Å². The van der Waals surface area contributed by atoms with E-state index in [2.05, 4.69) is 0 Å². The van der Waals surface area contributed by atoms with E-state index in [-0.39, 0.29) is 12.6 Å². The first-order valence-electron chi connectivity index (χ1n) is 7.87. The molecule has 1 atom stereocenters. The molecule has 0 saturated heterocycles. The highest BCUT2D eigenvalue weighted by Crippen LogP contribution is 2.32. The lowest BCUT2D eigenvalue weighted by Gasteiger charge is -2.30. The number of nitrogens with zero attached hydrogens (tertiary/aromatic N) is 1. The number of ether oxygens (including phenoxy) is 2. The van der Waals surface area contributed by atoms with Crippen molar-refractivity contribution in [3.05, 3.63) is 40.1 Å². The predicted octanol–water partition coefficient (Wildman–Crippen LogP) is 3.22. The number of hydrogen-bond acceptors (Lipinski definition) is 5. The highest BCUT2D eigenvalue weighted by atomic mass is 32.2. The van der Waals surface area contributed by atoms with Gasteiger partial charge >= 0.3 is 0 Å². The van der Waals surface area contributed by atoms with E-state index in [0.717, 1.165) is 9.75 Å². The van der Waals surface area contributed by atoms with Gasteiger partial charge in [0.25, 0.3) is 0 Å². The van der Waals surface area contributed by atoms with E-state index in [4.69, 9.17) is 9.47 Å². The zero-order chi connectivity index (χ0) is 17.3. The summed E-state index contributed by atoms with van der Waals surface area (Å²) in [6.07, 6.45) is -0.324. The van der Waals surface area contributed by atoms with Crippen molar-refractivity contribution in [3.8, 4) is 11.5 Å². The molecule has 1 aromatic heterocycles. The quantitative estimate of drug-likeness (QED) is 0.814. The Morgan fingerprint density at radius 2 is 1.96 bits per heavy atom. The van der Waals surface area contributed by atoms with Gasteiger partial charge in [-0.25, -0.2) is 8.42 Å². The molecule has 2 aromatic rings. The van der Waals surface area contributed by atoms with Crippen molar-refractivity contribution >= 4 is 21.4 Å². The average Bonchev–Trinajstić information content (AvgIpc) is 2.91. The molecule has 0 spiro atoms. The summed E-state index contributed by atoms with van der Waals surface area (Å²) in [5, 5.41) is 0. The van der Waals surface area contributed by atoms with Crippen LogP contribution in [0.25, 0.3) is 0 Å². The number of hydrogen-bond donors (Lipinski definition) is 0. The number of likely N-dealkylation sites (N-methyl/N-ethyl adjacent to an activating group) is 1. The number of fused-ring (bicyclic) bond motifs is 1. The van der Waals surface area contributed by atoms with Gasteiger partial charge in [0, 0.05) is 16.3 Å². The third-order valence-corrected chi connectivity index (χ3v) is 7.10. The number of aryl methyl sites for hydroxylation is 2. The molecule has 2 heterocycles. The topological polar surface area (TPSA) is 55.8 Å². The summed E-state index contributed by atoms with van der Waals surface area (Å²) >= 11 is 1.50. The minimum Gasteiger partial charge on any atom is -0.486 e. The normalized spacial score (nSPS) is 17.2. The van der Waals surface area contributed by atoms with Crippen LogP contribution in [0.3, 0.4) is 0 Å². The van der Waals surface area contributed by atoms with Gasteiger partial charge in [-0.15, -0.1) is 11.3 Å². The van der Waals surface area contributed by atoms with E-state index in [0.29, 0.717) is 29.5 Å². The van der Waals surface area contributed by atoms with Crippen LogP contribution in [0.15, 0.2) is 35.2 Å². The Balaban J connectivity index is 1.79. The zero-order valence-corrected chi connectivity index (χ0v) is 15.6. The second-order valence-electron chi connectivity index (χ2n) is 5.73. The summed E-state index contributed by atoms with van der Waals surface area (Å²) in [5.41, 5.74) is 0. The largest absolute Gasteiger partial charge is 0.486 e. The Labute approximate surface area is 146 Å². The lowest BCUT2D eigenvalue weighted by Crippen LogP contribution is -2.43. The summed E-state index contributed by atoms with van der Waals surface area (Å²) in [7, 11) is -3.53. The standard InChI is InChI=1S/C17H21NO4S2/c1-4-18(24(19,20)17-9-12(2)23-13(17)3)10-14-11-21-15-7-5-6-8-16(15)22-14/h5-9,14H,4,10-11H2,1-3H3/t14-/m1/s1. The zero-order valence-electron chi connectivity index (χ0n) is 14.0. The second-order valence-corrected chi connectivity index (χ2v) is 9.10. The molecule has 0 fully saturated rings. The van der Waals surface area contributed by atoms with Crippen LogP contribution in [0.1, 0.15) is 16.7 Å². The van der Waals surface area contributed by atoms with Crippen molar-refractivity contribution in [1.82, 2.24) is 4.31 Å². The Morgan fingerprint density at radius 1 is 1.25 bits per heavy atom. The van der Waals surface area contributed by atoms with Gasteiger partial charge < -0.3 is 9.47 Å². The number of benzene rings is 1. The van der Waals surface area contributed by atoms with Crippen molar-refractivity contribution in [3.63, 3.8) is 0 Å². The molecule has 1 aromatic carbocycles. The van der Waals surface area contributed by atoms with E-state index in [1.54, 1.807) is 6.07 Å². The number of rotatable bonds is 5. The molecule has 24 heavy (non-hydrogen) atoms. The fourth-order valence-electron chi connectivity index (χ4n) is 2.78. The fourth-order valence-corrected chi connectivity index (χ4v) is 5.78. The molecular formula is C17H21NO4S2. The average molecular weight is 367 g/mol. The first-order chi connectivity index (χ1) is 11.4. The van der Waals surface area contributed by atoms with E-state index >= 15 is 0 Å². The van der Waals surface area contributed by atoms with Crippen LogP contribution in [0.4, 0.5) is 0 Å². The van der Waals surface area contributed by atoms with Crippen LogP contribution in [0.5, 0.6) is 11.5 Å². The molecule has 0 aliphatic carbocycles. The molecule has 3 rings (SSSR count). The molecule has 1 aliphatic heterocycles. The van der Waals surface area contributed by atoms with Crippen molar-refractivity contribution in [1.29, 1.82) is 0 Å². The Hall–Kier alpha value is -1.57. The second kappa shape index (κ2) is 6.74. The minimum absolute atomic E-state index is 0.265. The van der Waals surface area contributed by atoms with Crippen LogP contribution >= 0.6 is 11.3 Å². The molecule has 5 nitrogen and oxygen atoms in total. The van der Waals surface area contributed by atoms with Crippen LogP contribution in [-0.4, -0.2) is 38.5 Å². The first-order valence-corrected chi connectivity index (χ1v) is 10.1. The van der Waals surface area contributed by atoms with Crippen molar-refractivity contribution in [2.24, 2.45) is 0 Å². The van der Waals surface area contributed by atoms with Gasteiger partial charge in [0.05, 0.1) is 11.4 Å². The van der Waals surface area contributed by atoms with Gasteiger partial charge in [0.15, 0.2) is 11.5 Å². The van der Waals surface area contributed by atoms with E-state index in [1.165, 1.54) is 15.6 Å². The lowest BCUT2D eigenvalue weighted by atomic mass is 10.2. The summed E-state index contributed by atoms with van der Waals surface area (Å²) < 4.78 is 39.0. The third kappa shape index (κ3) is 3.29. The minimum atomic E-state index is -3.53. The Bertz CT molecular complexity index is 829. The summed E-state index contributed by atoms with van der Waals surface area (Å²) in [6.45, 7) is 6.59. The molecule has 1 aliphatic rings. The molecule has 0 saturated carbocycles. The number of para-hydroxylation sites is 2. The smallest absolute Gasteiger partial charge is 0.244 e. The maximum absolute atomic E-state index is 13.0. The molecule has 0 amide bonds. The SMILES string of the molecule is CCN(C[C@@H]1COc2ccccc2O1)S(=O)(=O)c1cc(C)sc1C. The maximum Gasteiger partial charge on any atom is 0.244 e. The van der Waals surface area contributed by atoms with Gasteiger partial charge in [-0.2, -0.15) is 4.31 Å². The number of thiophene rings is 1. The monoisotopic (exact) mass is 367 g/mol. The highest BCUT2D eigenvalue weighted by molar-refractivity contribution is 7.89. The summed E-state index contributed by atoms with van der Waals surface area (Å²) in [4.78, 5) is 2.20. The molecule has 0 radical (unpaired) electrons. The van der Waals surface area contributed by atoms with Crippen molar-refractivity contribution < 1.29 is 17.9 Å². The molecular weight excluding hydrogens is 346 g/mol. The number of sulfonamides is 1. The summed E-state index contributed by atoms with van der Waals surface area (Å²) in [5.74, 6) is 1.36. The van der Waals surface area contributed by atoms with Gasteiger partial charge in [-0.1, -0.05) is 19.1 Å². The van der Waals surface area contributed by atoms with E-state index in [9.17, 15) is 8.42 Å². The van der Waals surface area contributed by atoms with Crippen molar-refractivity contribution in [2.45, 2.75) is 31.8 Å². The van der Waals surface area contributed by atoms with Crippen LogP contribution < -0.4 is 9.47 Å². The molecule has 0 N–H and O–H groups in total. The molecule has 0 unspecified atom stereocenters. The van der Waals surface area contributed by atoms with Gasteiger partial charge in [-0.05, 0) is 32.0 Å². The van der Waals surface area contributed by atoms with Gasteiger partial charge in [0.2, 0.25) is 10.0 Å².